The third kappa shape index (κ3) is 0.0204. The van der Waals surface area contributed by atoms with Gasteiger partial charge in [0.05, 0.1) is 0 Å². The number of nitrogens with zero attached hydrogens (tertiary/aromatic N) is 1. The maximum atomic E-state index is 3.56. The van der Waals surface area contributed by atoms with E-state index >= 15 is 0 Å². The molecule has 0 unspecified atom stereocenters. The van der Waals surface area contributed by atoms with Gasteiger partial charge in [0.2, 0.25) is 0 Å². The van der Waals surface area contributed by atoms with Crippen LogP contribution in [0.3, 0.4) is 0 Å². The zero-order valence-corrected chi connectivity index (χ0v) is 2.10. The molecule has 1 heterocycles. The Morgan fingerprint density at radius 1 is 1.75 bits per heavy atom. The van der Waals surface area contributed by atoms with Crippen LogP contribution in [0.25, 0.3) is 0 Å². The standard InChI is InChI=1S/C3H2N/c1-2-4-3-1/h2-3H. The molecule has 0 fully saturated rings. The van der Waals surface area contributed by atoms with E-state index in [0.717, 1.165) is 0 Å². The Kier molecular flexibility index (Phi) is 0.175. The topological polar surface area (TPSA) is 12.4 Å². The van der Waals surface area contributed by atoms with Crippen molar-refractivity contribution in [3.8, 4) is 0 Å². The minimum absolute atomic E-state index is 1.62. The van der Waals surface area contributed by atoms with Gasteiger partial charge in [-0.15, -0.1) is 0 Å². The van der Waals surface area contributed by atoms with Crippen molar-refractivity contribution < 1.29 is 0 Å². The fourth-order valence-electron chi connectivity index (χ4n) is 0.0745. The van der Waals surface area contributed by atoms with Crippen LogP contribution in [0.1, 0.15) is 0 Å². The number of hydrogen-bond acceptors (Lipinski definition) is 1. The second kappa shape index (κ2) is 0.412. The largest absolute Gasteiger partial charge is 0.263 e. The van der Waals surface area contributed by atoms with Gasteiger partial charge in [-0.3, -0.25) is 4.99 Å². The Bertz CT molecular complexity index is 43.7. The third-order valence-corrected chi connectivity index (χ3v) is 0.298. The predicted molar refractivity (Wildman–Crippen MR) is 16.3 cm³/mol. The molecule has 0 bridgehead atoms. The highest BCUT2D eigenvalue weighted by Crippen LogP contribution is 1.76. The van der Waals surface area contributed by atoms with Crippen molar-refractivity contribution in [3.05, 3.63) is 12.3 Å². The third-order valence-electron chi connectivity index (χ3n) is 0.298. The van der Waals surface area contributed by atoms with Crippen molar-refractivity contribution in [2.24, 2.45) is 4.99 Å². The van der Waals surface area contributed by atoms with E-state index in [2.05, 4.69) is 11.1 Å². The molecule has 1 aliphatic heterocycles. The fraction of sp³-hybridized carbons (Fsp3) is 0. The summed E-state index contributed by atoms with van der Waals surface area (Å²) in [6.45, 7) is 0. The van der Waals surface area contributed by atoms with E-state index in [1.54, 1.807) is 12.4 Å². The summed E-state index contributed by atoms with van der Waals surface area (Å²) in [6, 6.07) is 0. The highest BCUT2D eigenvalue weighted by atomic mass is 14.7. The van der Waals surface area contributed by atoms with E-state index in [1.807, 2.05) is 0 Å². The molecular weight excluding hydrogens is 50.0 g/mol. The van der Waals surface area contributed by atoms with Crippen molar-refractivity contribution >= 4 is 6.21 Å². The van der Waals surface area contributed by atoms with Crippen LogP contribution >= 0.6 is 0 Å². The van der Waals surface area contributed by atoms with Gasteiger partial charge in [-0.05, 0) is 0 Å². The molecule has 0 spiro atoms. The maximum Gasteiger partial charge on any atom is 0.0363 e. The van der Waals surface area contributed by atoms with Crippen LogP contribution in [0.15, 0.2) is 11.2 Å². The predicted octanol–water partition coefficient (Wildman–Crippen LogP) is 0.388. The summed E-state index contributed by atoms with van der Waals surface area (Å²) in [6.07, 6.45) is 5.94. The molecule has 4 heavy (non-hydrogen) atoms. The molecule has 1 aliphatic rings. The molecule has 0 aliphatic carbocycles. The molecule has 1 rings (SSSR count). The first kappa shape index (κ1) is 1.70. The number of hydrogen-bond donors (Lipinski definition) is 0. The van der Waals surface area contributed by atoms with Gasteiger partial charge in [0.1, 0.15) is 0 Å². The monoisotopic (exact) mass is 52.0 g/mol. The minimum Gasteiger partial charge on any atom is -0.263 e. The molecule has 0 aromatic carbocycles. The summed E-state index contributed by atoms with van der Waals surface area (Å²) in [5, 5.41) is 0. The molecule has 0 amide bonds. The van der Waals surface area contributed by atoms with Crippen LogP contribution in [0, 0.1) is 6.08 Å². The molecule has 19 valence electrons. The van der Waals surface area contributed by atoms with Crippen molar-refractivity contribution in [1.29, 1.82) is 0 Å². The Hall–Kier alpha value is -0.590. The van der Waals surface area contributed by atoms with Gasteiger partial charge in [-0.2, -0.15) is 0 Å². The van der Waals surface area contributed by atoms with Gasteiger partial charge >= 0.3 is 0 Å². The Balaban J connectivity index is 2.67. The lowest BCUT2D eigenvalue weighted by molar-refractivity contribution is 1.52. The first-order valence-electron chi connectivity index (χ1n) is 1.09. The minimum atomic E-state index is 1.62. The summed E-state index contributed by atoms with van der Waals surface area (Å²) in [4.78, 5) is 3.56. The first-order chi connectivity index (χ1) is 2.00. The average Bonchev–Trinajstić information content (AvgIpc) is 0.722. The summed E-state index contributed by atoms with van der Waals surface area (Å²) in [5.74, 6) is 0. The maximum absolute atomic E-state index is 3.56. The highest BCUT2D eigenvalue weighted by molar-refractivity contribution is 5.71. The van der Waals surface area contributed by atoms with Crippen LogP contribution in [0.5, 0.6) is 0 Å². The molecular formula is C3H2N. The Labute approximate surface area is 24.7 Å². The van der Waals surface area contributed by atoms with E-state index < -0.39 is 0 Å². The molecule has 0 atom stereocenters. The molecule has 0 saturated carbocycles. The Morgan fingerprint density at radius 2 is 2.00 bits per heavy atom. The lowest BCUT2D eigenvalue weighted by Gasteiger charge is -1.76. The molecule has 0 aromatic heterocycles. The summed E-state index contributed by atoms with van der Waals surface area (Å²) in [5.41, 5.74) is 0. The van der Waals surface area contributed by atoms with Crippen LogP contribution in [0.4, 0.5) is 0 Å². The number of aliphatic imine (C=N–C) groups is 1. The van der Waals surface area contributed by atoms with E-state index in [1.165, 1.54) is 0 Å². The smallest absolute Gasteiger partial charge is 0.0363 e. The first-order valence-corrected chi connectivity index (χ1v) is 1.09. The second-order valence-corrected chi connectivity index (χ2v) is 0.574. The summed E-state index contributed by atoms with van der Waals surface area (Å²) >= 11 is 0. The van der Waals surface area contributed by atoms with E-state index in [-0.39, 0.29) is 0 Å². The molecule has 0 aromatic rings. The van der Waals surface area contributed by atoms with E-state index in [4.69, 9.17) is 0 Å². The second-order valence-electron chi connectivity index (χ2n) is 0.574. The zero-order valence-electron chi connectivity index (χ0n) is 2.10. The van der Waals surface area contributed by atoms with Crippen LogP contribution in [-0.4, -0.2) is 6.21 Å². The van der Waals surface area contributed by atoms with E-state index in [9.17, 15) is 0 Å². The van der Waals surface area contributed by atoms with Gasteiger partial charge in [-0.1, -0.05) is 0 Å². The van der Waals surface area contributed by atoms with Crippen molar-refractivity contribution in [2.45, 2.75) is 0 Å². The zero-order chi connectivity index (χ0) is 2.83. The highest BCUT2D eigenvalue weighted by Gasteiger charge is 1.67. The van der Waals surface area contributed by atoms with Gasteiger partial charge < -0.3 is 0 Å². The quantitative estimate of drug-likeness (QED) is 0.378. The average molecular weight is 52.1 g/mol. The van der Waals surface area contributed by atoms with Gasteiger partial charge in [-0.25, -0.2) is 0 Å². The van der Waals surface area contributed by atoms with Crippen molar-refractivity contribution in [2.75, 3.05) is 0 Å². The molecule has 0 saturated heterocycles. The van der Waals surface area contributed by atoms with Gasteiger partial charge in [0, 0.05) is 18.5 Å². The summed E-state index contributed by atoms with van der Waals surface area (Å²) < 4.78 is 0. The van der Waals surface area contributed by atoms with Crippen LogP contribution in [-0.2, 0) is 0 Å². The number of rotatable bonds is 0. The lowest BCUT2D eigenvalue weighted by Crippen LogP contribution is -1.69. The Morgan fingerprint density at radius 3 is 2.00 bits per heavy atom. The van der Waals surface area contributed by atoms with Crippen LogP contribution < -0.4 is 0 Å². The molecule has 1 radical (unpaired) electrons. The lowest BCUT2D eigenvalue weighted by atomic mass is 10.6. The SMILES string of the molecule is [C]1=CN=C1. The normalized spacial score (nSPS) is 16.0. The molecule has 1 nitrogen and oxygen atoms in total. The van der Waals surface area contributed by atoms with E-state index in [0.29, 0.717) is 0 Å². The number of allylic oxidation sites excluding steroid dienone is 1. The van der Waals surface area contributed by atoms with Gasteiger partial charge in [0.15, 0.2) is 0 Å². The molecule has 1 heteroatoms. The fourth-order valence-corrected chi connectivity index (χ4v) is 0.0745. The van der Waals surface area contributed by atoms with Crippen molar-refractivity contribution in [1.82, 2.24) is 0 Å². The van der Waals surface area contributed by atoms with Crippen LogP contribution in [0.2, 0.25) is 0 Å². The molecule has 0 N–H and O–H groups in total. The van der Waals surface area contributed by atoms with Gasteiger partial charge in [0.25, 0.3) is 0 Å². The summed E-state index contributed by atoms with van der Waals surface area (Å²) in [7, 11) is 0. The van der Waals surface area contributed by atoms with Crippen molar-refractivity contribution in [3.63, 3.8) is 0 Å².